The van der Waals surface area contributed by atoms with Crippen molar-refractivity contribution < 1.29 is 0 Å². The molecule has 1 unspecified atom stereocenters. The van der Waals surface area contributed by atoms with E-state index in [2.05, 4.69) is 43.4 Å². The molecule has 0 aliphatic rings. The molecule has 0 amide bonds. The van der Waals surface area contributed by atoms with Gasteiger partial charge < -0.3 is 11.1 Å². The van der Waals surface area contributed by atoms with Gasteiger partial charge in [0.1, 0.15) is 0 Å². The van der Waals surface area contributed by atoms with E-state index in [1.54, 1.807) is 0 Å². The number of rotatable bonds is 3. The van der Waals surface area contributed by atoms with Crippen LogP contribution in [0.2, 0.25) is 0 Å². The largest absolute Gasteiger partial charge is 0.388 e. The monoisotopic (exact) mass is 178 g/mol. The third-order valence-electron chi connectivity index (χ3n) is 2.30. The second kappa shape index (κ2) is 4.28. The Morgan fingerprint density at radius 2 is 1.69 bits per heavy atom. The Labute approximate surface area is 80.1 Å². The molecule has 72 valence electrons. The molecule has 3 N–H and O–H groups in total. The van der Waals surface area contributed by atoms with Gasteiger partial charge in [0.15, 0.2) is 0 Å². The fraction of sp³-hybridized carbons (Fsp3) is 0.455. The van der Waals surface area contributed by atoms with Crippen LogP contribution in [0.3, 0.4) is 0 Å². The Hall–Kier alpha value is -1.02. The number of hydrogen-bond acceptors (Lipinski definition) is 2. The first-order chi connectivity index (χ1) is 6.15. The molecular formula is C11H18N2. The van der Waals surface area contributed by atoms with Crippen LogP contribution in [0.1, 0.15) is 25.5 Å². The maximum absolute atomic E-state index is 6.01. The average molecular weight is 178 g/mol. The highest BCUT2D eigenvalue weighted by Gasteiger charge is 2.09. The number of benzene rings is 1. The van der Waals surface area contributed by atoms with Gasteiger partial charge in [-0.15, -0.1) is 0 Å². The average Bonchev–Trinajstić information content (AvgIpc) is 2.17. The lowest BCUT2D eigenvalue weighted by Crippen LogP contribution is -2.16. The van der Waals surface area contributed by atoms with Crippen molar-refractivity contribution in [3.05, 3.63) is 29.8 Å². The molecule has 1 aromatic rings. The van der Waals surface area contributed by atoms with E-state index in [0.717, 1.165) is 5.69 Å². The zero-order valence-electron chi connectivity index (χ0n) is 8.54. The van der Waals surface area contributed by atoms with Gasteiger partial charge in [-0.1, -0.05) is 26.0 Å². The van der Waals surface area contributed by atoms with E-state index in [9.17, 15) is 0 Å². The van der Waals surface area contributed by atoms with Gasteiger partial charge in [-0.2, -0.15) is 0 Å². The van der Waals surface area contributed by atoms with Crippen LogP contribution in [0.25, 0.3) is 0 Å². The summed E-state index contributed by atoms with van der Waals surface area (Å²) in [6.45, 7) is 4.27. The molecule has 0 aliphatic heterocycles. The summed E-state index contributed by atoms with van der Waals surface area (Å²) in [6.07, 6.45) is 0. The maximum Gasteiger partial charge on any atom is 0.0337 e. The molecule has 0 heterocycles. The first-order valence-electron chi connectivity index (χ1n) is 4.68. The first-order valence-corrected chi connectivity index (χ1v) is 4.68. The lowest BCUT2D eigenvalue weighted by atomic mass is 9.97. The Balaban J connectivity index is 2.79. The lowest BCUT2D eigenvalue weighted by molar-refractivity contribution is 0.514. The van der Waals surface area contributed by atoms with Crippen LogP contribution >= 0.6 is 0 Å². The van der Waals surface area contributed by atoms with Crippen LogP contribution in [0.15, 0.2) is 24.3 Å². The van der Waals surface area contributed by atoms with Crippen molar-refractivity contribution in [1.29, 1.82) is 0 Å². The lowest BCUT2D eigenvalue weighted by Gasteiger charge is -2.16. The summed E-state index contributed by atoms with van der Waals surface area (Å²) in [5.41, 5.74) is 8.34. The summed E-state index contributed by atoms with van der Waals surface area (Å²) in [5.74, 6) is 0.487. The zero-order chi connectivity index (χ0) is 9.84. The molecule has 0 saturated heterocycles. The van der Waals surface area contributed by atoms with Crippen molar-refractivity contribution in [3.63, 3.8) is 0 Å². The van der Waals surface area contributed by atoms with Gasteiger partial charge >= 0.3 is 0 Å². The summed E-state index contributed by atoms with van der Waals surface area (Å²) >= 11 is 0. The van der Waals surface area contributed by atoms with Crippen LogP contribution in [0.5, 0.6) is 0 Å². The minimum absolute atomic E-state index is 0.144. The Kier molecular flexibility index (Phi) is 3.32. The highest BCUT2D eigenvalue weighted by molar-refractivity contribution is 5.44. The first kappa shape index (κ1) is 10.1. The van der Waals surface area contributed by atoms with Crippen LogP contribution in [0, 0.1) is 5.92 Å². The fourth-order valence-electron chi connectivity index (χ4n) is 1.26. The molecular weight excluding hydrogens is 160 g/mol. The fourth-order valence-corrected chi connectivity index (χ4v) is 1.26. The van der Waals surface area contributed by atoms with Gasteiger partial charge in [-0.25, -0.2) is 0 Å². The van der Waals surface area contributed by atoms with E-state index >= 15 is 0 Å². The number of nitrogens with two attached hydrogens (primary N) is 1. The molecule has 0 aliphatic carbocycles. The minimum atomic E-state index is 0.144. The van der Waals surface area contributed by atoms with Crippen molar-refractivity contribution in [3.8, 4) is 0 Å². The van der Waals surface area contributed by atoms with Gasteiger partial charge in [0.2, 0.25) is 0 Å². The van der Waals surface area contributed by atoms with E-state index in [4.69, 9.17) is 5.73 Å². The molecule has 0 bridgehead atoms. The predicted molar refractivity (Wildman–Crippen MR) is 57.8 cm³/mol. The van der Waals surface area contributed by atoms with E-state index < -0.39 is 0 Å². The second-order valence-electron chi connectivity index (χ2n) is 3.64. The maximum atomic E-state index is 6.01. The molecule has 0 aromatic heterocycles. The topological polar surface area (TPSA) is 38.0 Å². The number of anilines is 1. The van der Waals surface area contributed by atoms with Gasteiger partial charge in [0.25, 0.3) is 0 Å². The van der Waals surface area contributed by atoms with Gasteiger partial charge in [0.05, 0.1) is 0 Å². The van der Waals surface area contributed by atoms with Crippen molar-refractivity contribution in [1.82, 2.24) is 0 Å². The van der Waals surface area contributed by atoms with Crippen molar-refractivity contribution >= 4 is 5.69 Å². The quantitative estimate of drug-likeness (QED) is 0.745. The SMILES string of the molecule is CNc1ccc(C(N)C(C)C)cc1. The van der Waals surface area contributed by atoms with Gasteiger partial charge in [0, 0.05) is 18.8 Å². The molecule has 0 spiro atoms. The van der Waals surface area contributed by atoms with E-state index in [-0.39, 0.29) is 6.04 Å². The zero-order valence-corrected chi connectivity index (χ0v) is 8.54. The Morgan fingerprint density at radius 3 is 2.08 bits per heavy atom. The van der Waals surface area contributed by atoms with Gasteiger partial charge in [-0.05, 0) is 23.6 Å². The van der Waals surface area contributed by atoms with Crippen LogP contribution in [-0.4, -0.2) is 7.05 Å². The highest BCUT2D eigenvalue weighted by Crippen LogP contribution is 2.20. The summed E-state index contributed by atoms with van der Waals surface area (Å²) in [6, 6.07) is 8.41. The van der Waals surface area contributed by atoms with E-state index in [1.165, 1.54) is 5.56 Å². The molecule has 1 aromatic carbocycles. The molecule has 1 rings (SSSR count). The Bertz CT molecular complexity index is 251. The summed E-state index contributed by atoms with van der Waals surface area (Å²) in [7, 11) is 1.91. The third-order valence-corrected chi connectivity index (χ3v) is 2.30. The predicted octanol–water partition coefficient (Wildman–Crippen LogP) is 2.38. The molecule has 1 atom stereocenters. The highest BCUT2D eigenvalue weighted by atomic mass is 14.8. The smallest absolute Gasteiger partial charge is 0.0337 e. The summed E-state index contributed by atoms with van der Waals surface area (Å²) in [5, 5.41) is 3.08. The number of nitrogens with one attached hydrogen (secondary N) is 1. The molecule has 2 nitrogen and oxygen atoms in total. The number of hydrogen-bond donors (Lipinski definition) is 2. The standard InChI is InChI=1S/C11H18N2/c1-8(2)11(12)9-4-6-10(13-3)7-5-9/h4-8,11,13H,12H2,1-3H3. The van der Waals surface area contributed by atoms with Crippen LogP contribution < -0.4 is 11.1 Å². The van der Waals surface area contributed by atoms with Gasteiger partial charge in [-0.3, -0.25) is 0 Å². The van der Waals surface area contributed by atoms with Crippen LogP contribution in [-0.2, 0) is 0 Å². The molecule has 0 radical (unpaired) electrons. The van der Waals surface area contributed by atoms with Crippen molar-refractivity contribution in [2.45, 2.75) is 19.9 Å². The second-order valence-corrected chi connectivity index (χ2v) is 3.64. The molecule has 2 heteroatoms. The van der Waals surface area contributed by atoms with Crippen molar-refractivity contribution in [2.24, 2.45) is 11.7 Å². The summed E-state index contributed by atoms with van der Waals surface area (Å²) in [4.78, 5) is 0. The summed E-state index contributed by atoms with van der Waals surface area (Å²) < 4.78 is 0. The third kappa shape index (κ3) is 2.46. The van der Waals surface area contributed by atoms with Crippen molar-refractivity contribution in [2.75, 3.05) is 12.4 Å². The Morgan fingerprint density at radius 1 is 1.15 bits per heavy atom. The minimum Gasteiger partial charge on any atom is -0.388 e. The molecule has 0 saturated carbocycles. The molecule has 0 fully saturated rings. The van der Waals surface area contributed by atoms with E-state index in [0.29, 0.717) is 5.92 Å². The normalized spacial score (nSPS) is 13.0. The van der Waals surface area contributed by atoms with E-state index in [1.807, 2.05) is 7.05 Å². The molecule has 13 heavy (non-hydrogen) atoms. The van der Waals surface area contributed by atoms with Crippen LogP contribution in [0.4, 0.5) is 5.69 Å².